The molecule has 2 atom stereocenters. The van der Waals surface area contributed by atoms with E-state index in [0.29, 0.717) is 6.61 Å². The Hall–Kier alpha value is -1.04. The Morgan fingerprint density at radius 2 is 2.18 bits per heavy atom. The van der Waals surface area contributed by atoms with E-state index in [9.17, 15) is 0 Å². The molecule has 0 aliphatic carbocycles. The summed E-state index contributed by atoms with van der Waals surface area (Å²) in [6.45, 7) is 2.63. The third-order valence-corrected chi connectivity index (χ3v) is 4.10. The Morgan fingerprint density at radius 3 is 2.88 bits per heavy atom. The van der Waals surface area contributed by atoms with Crippen LogP contribution in [-0.2, 0) is 9.57 Å². The van der Waals surface area contributed by atoms with Gasteiger partial charge in [0.1, 0.15) is 6.10 Å². The van der Waals surface area contributed by atoms with Gasteiger partial charge in [-0.3, -0.25) is 0 Å². The number of piperidine rings is 1. The molecule has 0 aromatic rings. The molecule has 3 rings (SSSR count). The molecule has 2 fully saturated rings. The van der Waals surface area contributed by atoms with Crippen LogP contribution in [0, 0.1) is 5.41 Å². The van der Waals surface area contributed by atoms with E-state index in [1.165, 1.54) is 0 Å². The minimum absolute atomic E-state index is 0.0166. The fourth-order valence-electron chi connectivity index (χ4n) is 3.08. The minimum atomic E-state index is -0.0166. The molecule has 0 radical (unpaired) electrons. The molecule has 3 aliphatic rings. The van der Waals surface area contributed by atoms with Gasteiger partial charge < -0.3 is 20.6 Å². The smallest absolute Gasteiger partial charge is 0.161 e. The van der Waals surface area contributed by atoms with E-state index in [1.54, 1.807) is 6.20 Å². The van der Waals surface area contributed by atoms with Gasteiger partial charge in [-0.25, -0.2) is 5.48 Å². The zero-order chi connectivity index (χ0) is 11.7. The molecule has 2 unspecified atom stereocenters. The molecule has 3 aliphatic heterocycles. The summed E-state index contributed by atoms with van der Waals surface area (Å²) in [6.07, 6.45) is 7.72. The summed E-state index contributed by atoms with van der Waals surface area (Å²) in [7, 11) is 0. The second-order valence-electron chi connectivity index (χ2n) is 4.95. The molecule has 94 valence electrons. The first-order chi connectivity index (χ1) is 8.33. The highest BCUT2D eigenvalue weighted by molar-refractivity contribution is 5.20. The van der Waals surface area contributed by atoms with Gasteiger partial charge in [0.2, 0.25) is 0 Å². The number of hydrogen-bond donors (Lipinski definition) is 3. The number of allylic oxidation sites excluding steroid dienone is 2. The van der Waals surface area contributed by atoms with Crippen molar-refractivity contribution in [2.45, 2.75) is 25.0 Å². The standard InChI is InChI=1S/C12H19N3O2/c13-10-8-16-11(9-2-1-5-15-17-9)12(10)3-6-14-7-4-12/h1-2,5,10-11,14-15H,3-4,6-8,13H2. The molecule has 2 saturated heterocycles. The molecule has 0 amide bonds. The van der Waals surface area contributed by atoms with Crippen LogP contribution in [0.15, 0.2) is 24.1 Å². The molecule has 17 heavy (non-hydrogen) atoms. The van der Waals surface area contributed by atoms with Gasteiger partial charge in [-0.15, -0.1) is 0 Å². The summed E-state index contributed by atoms with van der Waals surface area (Å²) < 4.78 is 5.88. The highest BCUT2D eigenvalue weighted by atomic mass is 16.7. The number of nitrogens with two attached hydrogens (primary N) is 1. The first kappa shape index (κ1) is 11.1. The van der Waals surface area contributed by atoms with E-state index in [1.807, 2.05) is 12.2 Å². The van der Waals surface area contributed by atoms with Crippen LogP contribution in [0.25, 0.3) is 0 Å². The largest absolute Gasteiger partial charge is 0.384 e. The summed E-state index contributed by atoms with van der Waals surface area (Å²) in [5, 5.41) is 3.38. The first-order valence-corrected chi connectivity index (χ1v) is 6.20. The van der Waals surface area contributed by atoms with E-state index in [4.69, 9.17) is 15.3 Å². The number of ether oxygens (including phenoxy) is 1. The van der Waals surface area contributed by atoms with Crippen LogP contribution in [0.4, 0.5) is 0 Å². The quantitative estimate of drug-likeness (QED) is 0.599. The molecule has 0 bridgehead atoms. The summed E-state index contributed by atoms with van der Waals surface area (Å²) in [6, 6.07) is 0.102. The van der Waals surface area contributed by atoms with E-state index in [2.05, 4.69) is 10.8 Å². The number of hydroxylamine groups is 1. The summed E-state index contributed by atoms with van der Waals surface area (Å²) >= 11 is 0. The van der Waals surface area contributed by atoms with Crippen LogP contribution in [0.5, 0.6) is 0 Å². The van der Waals surface area contributed by atoms with Gasteiger partial charge in [-0.05, 0) is 38.1 Å². The van der Waals surface area contributed by atoms with Crippen molar-refractivity contribution in [3.8, 4) is 0 Å². The van der Waals surface area contributed by atoms with Crippen LogP contribution < -0.4 is 16.5 Å². The highest BCUT2D eigenvalue weighted by Gasteiger charge is 2.52. The maximum atomic E-state index is 6.27. The van der Waals surface area contributed by atoms with Crippen molar-refractivity contribution < 1.29 is 9.57 Å². The Bertz CT molecular complexity index is 348. The average Bonchev–Trinajstić information content (AvgIpc) is 2.69. The van der Waals surface area contributed by atoms with Crippen molar-refractivity contribution in [2.75, 3.05) is 19.7 Å². The summed E-state index contributed by atoms with van der Waals surface area (Å²) in [5.41, 5.74) is 9.06. The van der Waals surface area contributed by atoms with E-state index in [-0.39, 0.29) is 17.6 Å². The first-order valence-electron chi connectivity index (χ1n) is 6.20. The topological polar surface area (TPSA) is 68.5 Å². The third kappa shape index (κ3) is 1.74. The Morgan fingerprint density at radius 1 is 1.35 bits per heavy atom. The molecule has 4 N–H and O–H groups in total. The van der Waals surface area contributed by atoms with E-state index >= 15 is 0 Å². The van der Waals surface area contributed by atoms with Crippen molar-refractivity contribution >= 4 is 0 Å². The Balaban J connectivity index is 1.87. The second kappa shape index (κ2) is 4.33. The van der Waals surface area contributed by atoms with Gasteiger partial charge in [0.25, 0.3) is 0 Å². The molecule has 5 heteroatoms. The third-order valence-electron chi connectivity index (χ3n) is 4.10. The molecule has 0 aromatic heterocycles. The number of hydrogen-bond acceptors (Lipinski definition) is 5. The fraction of sp³-hybridized carbons (Fsp3) is 0.667. The molecule has 0 aromatic carbocycles. The molecule has 3 heterocycles. The predicted molar refractivity (Wildman–Crippen MR) is 63.7 cm³/mol. The normalized spacial score (nSPS) is 35.2. The lowest BCUT2D eigenvalue weighted by atomic mass is 9.70. The van der Waals surface area contributed by atoms with Crippen LogP contribution in [0.3, 0.4) is 0 Å². The van der Waals surface area contributed by atoms with Gasteiger partial charge in [-0.1, -0.05) is 0 Å². The zero-order valence-electron chi connectivity index (χ0n) is 9.82. The van der Waals surface area contributed by atoms with Crippen molar-refractivity contribution in [3.63, 3.8) is 0 Å². The van der Waals surface area contributed by atoms with Crippen LogP contribution in [0.1, 0.15) is 12.8 Å². The van der Waals surface area contributed by atoms with E-state index < -0.39 is 0 Å². The number of rotatable bonds is 1. The predicted octanol–water partition coefficient (Wildman–Crippen LogP) is 0.0147. The van der Waals surface area contributed by atoms with Crippen molar-refractivity contribution in [1.82, 2.24) is 10.8 Å². The maximum Gasteiger partial charge on any atom is 0.161 e. The Labute approximate surface area is 101 Å². The average molecular weight is 237 g/mol. The van der Waals surface area contributed by atoms with Crippen molar-refractivity contribution in [3.05, 3.63) is 24.1 Å². The lowest BCUT2D eigenvalue weighted by Gasteiger charge is -2.40. The van der Waals surface area contributed by atoms with Crippen molar-refractivity contribution in [2.24, 2.45) is 11.1 Å². The lowest BCUT2D eigenvalue weighted by Crippen LogP contribution is -2.52. The Kier molecular flexibility index (Phi) is 2.82. The molecule has 0 saturated carbocycles. The second-order valence-corrected chi connectivity index (χ2v) is 4.95. The lowest BCUT2D eigenvalue weighted by molar-refractivity contribution is -0.00888. The van der Waals surface area contributed by atoms with Crippen LogP contribution in [0.2, 0.25) is 0 Å². The van der Waals surface area contributed by atoms with Gasteiger partial charge in [0.05, 0.1) is 6.61 Å². The van der Waals surface area contributed by atoms with Crippen LogP contribution in [-0.4, -0.2) is 31.8 Å². The molecule has 5 nitrogen and oxygen atoms in total. The monoisotopic (exact) mass is 237 g/mol. The molecular weight excluding hydrogens is 218 g/mol. The fourth-order valence-corrected chi connectivity index (χ4v) is 3.08. The van der Waals surface area contributed by atoms with Gasteiger partial charge in [-0.2, -0.15) is 0 Å². The summed E-state index contributed by atoms with van der Waals surface area (Å²) in [4.78, 5) is 5.46. The van der Waals surface area contributed by atoms with Gasteiger partial charge in [0.15, 0.2) is 5.76 Å². The zero-order valence-corrected chi connectivity index (χ0v) is 9.82. The highest BCUT2D eigenvalue weighted by Crippen LogP contribution is 2.45. The summed E-state index contributed by atoms with van der Waals surface area (Å²) in [5.74, 6) is 0.849. The van der Waals surface area contributed by atoms with Crippen LogP contribution >= 0.6 is 0 Å². The van der Waals surface area contributed by atoms with Gasteiger partial charge >= 0.3 is 0 Å². The molecule has 1 spiro atoms. The van der Waals surface area contributed by atoms with E-state index in [0.717, 1.165) is 31.7 Å². The molecular formula is C12H19N3O2. The van der Waals surface area contributed by atoms with Gasteiger partial charge in [0, 0.05) is 17.7 Å². The minimum Gasteiger partial charge on any atom is -0.384 e. The maximum absolute atomic E-state index is 6.27. The van der Waals surface area contributed by atoms with Crippen molar-refractivity contribution in [1.29, 1.82) is 0 Å². The number of nitrogens with one attached hydrogen (secondary N) is 2. The SMILES string of the molecule is NC1COC(C2=CC=CNO2)C12CCNCC2.